The van der Waals surface area contributed by atoms with E-state index in [-0.39, 0.29) is 5.54 Å². The van der Waals surface area contributed by atoms with Gasteiger partial charge in [0.05, 0.1) is 12.6 Å². The largest absolute Gasteiger partial charge is 0.497 e. The van der Waals surface area contributed by atoms with Gasteiger partial charge in [0, 0.05) is 6.04 Å². The van der Waals surface area contributed by atoms with E-state index in [4.69, 9.17) is 10.5 Å². The fourth-order valence-electron chi connectivity index (χ4n) is 3.06. The van der Waals surface area contributed by atoms with Crippen LogP contribution in [0.3, 0.4) is 0 Å². The van der Waals surface area contributed by atoms with Gasteiger partial charge in [-0.05, 0) is 57.5 Å². The first kappa shape index (κ1) is 15.3. The number of ether oxygens (including phenoxy) is 1. The highest BCUT2D eigenvalue weighted by atomic mass is 16.5. The molecule has 1 heterocycles. The topological polar surface area (TPSA) is 38.5 Å². The van der Waals surface area contributed by atoms with Crippen molar-refractivity contribution in [2.75, 3.05) is 20.2 Å². The number of likely N-dealkylation sites (tertiary alicyclic amines) is 1. The van der Waals surface area contributed by atoms with Crippen molar-refractivity contribution in [2.45, 2.75) is 51.1 Å². The lowest BCUT2D eigenvalue weighted by molar-refractivity contribution is 0.145. The van der Waals surface area contributed by atoms with Crippen LogP contribution in [0.25, 0.3) is 0 Å². The van der Waals surface area contributed by atoms with Crippen molar-refractivity contribution in [3.63, 3.8) is 0 Å². The second kappa shape index (κ2) is 6.59. The van der Waals surface area contributed by atoms with Crippen LogP contribution in [0.15, 0.2) is 24.3 Å². The van der Waals surface area contributed by atoms with E-state index in [1.54, 1.807) is 7.11 Å². The molecule has 1 aromatic rings. The van der Waals surface area contributed by atoms with Crippen LogP contribution >= 0.6 is 0 Å². The van der Waals surface area contributed by atoms with Crippen LogP contribution in [0.5, 0.6) is 5.75 Å². The molecule has 1 aliphatic heterocycles. The third kappa shape index (κ3) is 3.33. The van der Waals surface area contributed by atoms with Gasteiger partial charge in [-0.15, -0.1) is 0 Å². The van der Waals surface area contributed by atoms with Crippen molar-refractivity contribution < 1.29 is 4.74 Å². The summed E-state index contributed by atoms with van der Waals surface area (Å²) in [5.74, 6) is 0.877. The molecule has 0 saturated carbocycles. The molecule has 3 heteroatoms. The fraction of sp³-hybridized carbons (Fsp3) is 0.647. The van der Waals surface area contributed by atoms with Gasteiger partial charge in [-0.2, -0.15) is 0 Å². The van der Waals surface area contributed by atoms with Crippen LogP contribution < -0.4 is 10.5 Å². The highest BCUT2D eigenvalue weighted by Gasteiger charge is 2.33. The Kier molecular flexibility index (Phi) is 5.06. The van der Waals surface area contributed by atoms with Crippen LogP contribution in [-0.4, -0.2) is 31.1 Å². The molecule has 1 saturated heterocycles. The van der Waals surface area contributed by atoms with Crippen molar-refractivity contribution in [3.05, 3.63) is 29.8 Å². The molecule has 112 valence electrons. The molecule has 0 aliphatic carbocycles. The lowest BCUT2D eigenvalue weighted by Gasteiger charge is -2.40. The first-order valence-electron chi connectivity index (χ1n) is 7.73. The van der Waals surface area contributed by atoms with Gasteiger partial charge in [-0.3, -0.25) is 4.90 Å². The number of hydrogen-bond acceptors (Lipinski definition) is 3. The average molecular weight is 276 g/mol. The van der Waals surface area contributed by atoms with E-state index in [0.29, 0.717) is 6.04 Å². The third-order valence-corrected chi connectivity index (χ3v) is 4.75. The van der Waals surface area contributed by atoms with Gasteiger partial charge in [0.2, 0.25) is 0 Å². The summed E-state index contributed by atoms with van der Waals surface area (Å²) < 4.78 is 5.33. The predicted molar refractivity (Wildman–Crippen MR) is 84.0 cm³/mol. The normalized spacial score (nSPS) is 21.8. The van der Waals surface area contributed by atoms with Crippen molar-refractivity contribution in [1.82, 2.24) is 4.90 Å². The summed E-state index contributed by atoms with van der Waals surface area (Å²) in [7, 11) is 1.70. The van der Waals surface area contributed by atoms with E-state index < -0.39 is 0 Å². The van der Waals surface area contributed by atoms with Crippen molar-refractivity contribution in [1.29, 1.82) is 0 Å². The Morgan fingerprint density at radius 3 is 2.45 bits per heavy atom. The number of rotatable bonds is 4. The molecule has 2 rings (SSSR count). The minimum atomic E-state index is -0.362. The first-order valence-corrected chi connectivity index (χ1v) is 7.73. The van der Waals surface area contributed by atoms with Gasteiger partial charge in [0.15, 0.2) is 0 Å². The zero-order chi connectivity index (χ0) is 14.6. The molecule has 0 aromatic heterocycles. The lowest BCUT2D eigenvalue weighted by Crippen LogP contribution is -2.53. The maximum absolute atomic E-state index is 6.69. The zero-order valence-corrected chi connectivity index (χ0v) is 13.1. The highest BCUT2D eigenvalue weighted by Crippen LogP contribution is 2.29. The molecule has 2 N–H and O–H groups in total. The van der Waals surface area contributed by atoms with Crippen molar-refractivity contribution in [2.24, 2.45) is 5.73 Å². The average Bonchev–Trinajstić information content (AvgIpc) is 2.75. The third-order valence-electron chi connectivity index (χ3n) is 4.75. The Labute approximate surface area is 123 Å². The smallest absolute Gasteiger partial charge is 0.119 e. The second-order valence-corrected chi connectivity index (χ2v) is 6.14. The molecule has 0 amide bonds. The maximum atomic E-state index is 6.69. The molecule has 1 aromatic carbocycles. The van der Waals surface area contributed by atoms with Gasteiger partial charge >= 0.3 is 0 Å². The quantitative estimate of drug-likeness (QED) is 0.918. The Balaban J connectivity index is 2.18. The summed E-state index contributed by atoms with van der Waals surface area (Å²) in [5.41, 5.74) is 7.47. The Morgan fingerprint density at radius 2 is 1.85 bits per heavy atom. The first-order chi connectivity index (χ1) is 9.55. The van der Waals surface area contributed by atoms with Gasteiger partial charge in [0.1, 0.15) is 5.75 Å². The van der Waals surface area contributed by atoms with Crippen LogP contribution in [0, 0.1) is 0 Å². The number of nitrogens with two attached hydrogens (primary N) is 1. The second-order valence-electron chi connectivity index (χ2n) is 6.14. The predicted octanol–water partition coefficient (Wildman–Crippen LogP) is 3.13. The summed E-state index contributed by atoms with van der Waals surface area (Å²) in [6.07, 6.45) is 5.28. The van der Waals surface area contributed by atoms with Gasteiger partial charge in [-0.25, -0.2) is 0 Å². The molecular weight excluding hydrogens is 248 g/mol. The van der Waals surface area contributed by atoms with Crippen LogP contribution in [-0.2, 0) is 5.54 Å². The van der Waals surface area contributed by atoms with E-state index in [1.807, 2.05) is 12.1 Å². The van der Waals surface area contributed by atoms with Gasteiger partial charge in [-0.1, -0.05) is 25.0 Å². The van der Waals surface area contributed by atoms with E-state index >= 15 is 0 Å². The SMILES string of the molecule is COc1cccc(C(C)(N)C(C)N2CCCCCC2)c1. The molecule has 2 unspecified atom stereocenters. The maximum Gasteiger partial charge on any atom is 0.119 e. The van der Waals surface area contributed by atoms with E-state index in [1.165, 1.54) is 25.7 Å². The molecular formula is C17H28N2O. The number of hydrogen-bond donors (Lipinski definition) is 1. The molecule has 0 radical (unpaired) electrons. The minimum absolute atomic E-state index is 0.327. The number of benzene rings is 1. The molecule has 1 aliphatic rings. The molecule has 0 spiro atoms. The van der Waals surface area contributed by atoms with Crippen LogP contribution in [0.2, 0.25) is 0 Å². The van der Waals surface area contributed by atoms with Crippen LogP contribution in [0.4, 0.5) is 0 Å². The number of methoxy groups -OCH3 is 1. The van der Waals surface area contributed by atoms with E-state index in [9.17, 15) is 0 Å². The molecule has 0 bridgehead atoms. The van der Waals surface area contributed by atoms with E-state index in [0.717, 1.165) is 24.4 Å². The summed E-state index contributed by atoms with van der Waals surface area (Å²) in [5, 5.41) is 0. The summed E-state index contributed by atoms with van der Waals surface area (Å²) in [4.78, 5) is 2.55. The molecule has 1 fully saturated rings. The monoisotopic (exact) mass is 276 g/mol. The Morgan fingerprint density at radius 1 is 1.20 bits per heavy atom. The van der Waals surface area contributed by atoms with Crippen molar-refractivity contribution >= 4 is 0 Å². The lowest BCUT2D eigenvalue weighted by atomic mass is 9.85. The van der Waals surface area contributed by atoms with Gasteiger partial charge < -0.3 is 10.5 Å². The summed E-state index contributed by atoms with van der Waals surface area (Å²) >= 11 is 0. The Bertz CT molecular complexity index is 423. The summed E-state index contributed by atoms with van der Waals surface area (Å²) in [6.45, 7) is 6.72. The zero-order valence-electron chi connectivity index (χ0n) is 13.1. The minimum Gasteiger partial charge on any atom is -0.497 e. The van der Waals surface area contributed by atoms with Crippen molar-refractivity contribution in [3.8, 4) is 5.75 Å². The molecule has 20 heavy (non-hydrogen) atoms. The van der Waals surface area contributed by atoms with Crippen LogP contribution in [0.1, 0.15) is 45.1 Å². The summed E-state index contributed by atoms with van der Waals surface area (Å²) in [6, 6.07) is 8.49. The molecule has 2 atom stereocenters. The fourth-order valence-corrected chi connectivity index (χ4v) is 3.06. The standard InChI is InChI=1S/C17H28N2O/c1-14(19-11-6-4-5-7-12-19)17(2,18)15-9-8-10-16(13-15)20-3/h8-10,13-14H,4-7,11-12,18H2,1-3H3. The highest BCUT2D eigenvalue weighted by molar-refractivity contribution is 5.33. The number of nitrogens with zero attached hydrogens (tertiary/aromatic N) is 1. The molecule has 3 nitrogen and oxygen atoms in total. The van der Waals surface area contributed by atoms with E-state index in [2.05, 4.69) is 30.9 Å². The Hall–Kier alpha value is -1.06. The van der Waals surface area contributed by atoms with Gasteiger partial charge in [0.25, 0.3) is 0 Å².